The van der Waals surface area contributed by atoms with E-state index in [1.807, 2.05) is 19.9 Å². The number of ether oxygens (including phenoxy) is 1. The topological polar surface area (TPSA) is 114 Å². The molecule has 0 aliphatic carbocycles. The number of benzene rings is 1. The summed E-state index contributed by atoms with van der Waals surface area (Å²) in [6.07, 6.45) is 0.434. The molecule has 0 saturated carbocycles. The van der Waals surface area contributed by atoms with Gasteiger partial charge in [-0.15, -0.1) is 0 Å². The summed E-state index contributed by atoms with van der Waals surface area (Å²) in [5.41, 5.74) is 5.94. The zero-order chi connectivity index (χ0) is 22.4. The van der Waals surface area contributed by atoms with Gasteiger partial charge in [0, 0.05) is 5.69 Å². The van der Waals surface area contributed by atoms with Crippen LogP contribution in [-0.2, 0) is 19.1 Å². The lowest BCUT2D eigenvalue weighted by molar-refractivity contribution is -0.145. The lowest BCUT2D eigenvalue weighted by Gasteiger charge is -2.32. The molecule has 2 amide bonds. The molecule has 3 N–H and O–H groups in total. The van der Waals surface area contributed by atoms with Gasteiger partial charge in [-0.05, 0) is 56.7 Å². The summed E-state index contributed by atoms with van der Waals surface area (Å²) in [7, 11) is 4.89. The Balaban J connectivity index is 0.00000245. The van der Waals surface area contributed by atoms with Crippen LogP contribution in [0.2, 0.25) is 0 Å². The molecule has 0 spiro atoms. The van der Waals surface area contributed by atoms with E-state index >= 15 is 0 Å². The number of amides is 2. The second-order valence-corrected chi connectivity index (χ2v) is 7.59. The Morgan fingerprint density at radius 1 is 1.24 bits per heavy atom. The van der Waals surface area contributed by atoms with Gasteiger partial charge < -0.3 is 15.8 Å². The highest BCUT2D eigenvalue weighted by atomic mass is 31.1. The lowest BCUT2D eigenvalue weighted by Crippen LogP contribution is -2.54. The van der Waals surface area contributed by atoms with Crippen molar-refractivity contribution in [3.63, 3.8) is 0 Å². The summed E-state index contributed by atoms with van der Waals surface area (Å²) in [5.74, 6) is -1.12. The zero-order valence-electron chi connectivity index (χ0n) is 17.4. The monoisotopic (exact) mass is 442 g/mol. The van der Waals surface area contributed by atoms with Crippen LogP contribution in [0.4, 0.5) is 5.69 Å². The van der Waals surface area contributed by atoms with E-state index in [1.165, 1.54) is 4.90 Å². The molecule has 0 bridgehead atoms. The van der Waals surface area contributed by atoms with Crippen molar-refractivity contribution < 1.29 is 19.1 Å². The van der Waals surface area contributed by atoms with Gasteiger partial charge in [0.15, 0.2) is 0 Å². The fourth-order valence-corrected chi connectivity index (χ4v) is 2.61. The number of nitrogens with one attached hydrogen (secondary N) is 1. The van der Waals surface area contributed by atoms with E-state index < -0.39 is 24.0 Å². The molecule has 0 heterocycles. The number of nitrogens with two attached hydrogens (primary N) is 1. The Labute approximate surface area is 177 Å². The first kappa shape index (κ1) is 27.1. The van der Waals surface area contributed by atoms with E-state index in [-0.39, 0.29) is 25.0 Å². The van der Waals surface area contributed by atoms with Crippen LogP contribution in [0.25, 0.3) is 0 Å². The highest BCUT2D eigenvalue weighted by Gasteiger charge is 2.34. The number of esters is 1. The number of hydrogen-bond acceptors (Lipinski definition) is 6. The number of para-hydroxylation sites is 1. The minimum absolute atomic E-state index is 0.164. The number of hydrogen-bond donors (Lipinski definition) is 2. The van der Waals surface area contributed by atoms with Gasteiger partial charge in [0.25, 0.3) is 0 Å². The molecule has 10 heteroatoms. The molecule has 1 aromatic carbocycles. The molecule has 0 radical (unpaired) electrons. The predicted octanol–water partition coefficient (Wildman–Crippen LogP) is 2.56. The summed E-state index contributed by atoms with van der Waals surface area (Å²) >= 11 is 0. The van der Waals surface area contributed by atoms with Gasteiger partial charge in [-0.2, -0.15) is 0 Å². The van der Waals surface area contributed by atoms with Crippen molar-refractivity contribution in [2.24, 2.45) is 16.2 Å². The molecule has 162 valence electrons. The van der Waals surface area contributed by atoms with Crippen molar-refractivity contribution >= 4 is 41.9 Å². The summed E-state index contributed by atoms with van der Waals surface area (Å²) < 4.78 is 8.30. The molecule has 1 unspecified atom stereocenters. The first-order valence-electron chi connectivity index (χ1n) is 9.34. The minimum Gasteiger partial charge on any atom is -0.464 e. The van der Waals surface area contributed by atoms with Crippen molar-refractivity contribution in [3.05, 3.63) is 30.3 Å². The number of rotatable bonds is 9. The maximum atomic E-state index is 13.2. The number of anilines is 1. The van der Waals surface area contributed by atoms with Crippen LogP contribution < -0.4 is 16.0 Å². The SMILES string of the molecule is CCOC(=O)[C@H](C)N(C(=O)[C@H](CC(C)C)NC(=O)CN)c1ccccc1.P=NP. The van der Waals surface area contributed by atoms with Crippen LogP contribution in [0.5, 0.6) is 0 Å². The van der Waals surface area contributed by atoms with Crippen LogP contribution >= 0.6 is 18.4 Å². The van der Waals surface area contributed by atoms with Gasteiger partial charge in [0.05, 0.1) is 13.2 Å². The molecule has 29 heavy (non-hydrogen) atoms. The molecule has 1 aromatic rings. The van der Waals surface area contributed by atoms with Crippen LogP contribution in [-0.4, -0.2) is 43.0 Å². The average Bonchev–Trinajstić information content (AvgIpc) is 2.68. The van der Waals surface area contributed by atoms with E-state index in [0.717, 1.165) is 0 Å². The third kappa shape index (κ3) is 9.93. The van der Waals surface area contributed by atoms with Crippen molar-refractivity contribution in [3.8, 4) is 0 Å². The van der Waals surface area contributed by atoms with E-state index in [1.54, 1.807) is 38.1 Å². The first-order chi connectivity index (χ1) is 13.7. The third-order valence-corrected chi connectivity index (χ3v) is 3.81. The molecular weight excluding hydrogens is 410 g/mol. The largest absolute Gasteiger partial charge is 0.464 e. The van der Waals surface area contributed by atoms with Gasteiger partial charge in [0.1, 0.15) is 12.1 Å². The Kier molecular flexibility index (Phi) is 14.1. The molecule has 0 aliphatic rings. The summed E-state index contributed by atoms with van der Waals surface area (Å²) in [6, 6.07) is 7.27. The fraction of sp³-hybridized carbons (Fsp3) is 0.526. The maximum absolute atomic E-state index is 13.2. The molecule has 0 saturated heterocycles. The number of carbonyl (C=O) groups is 3. The van der Waals surface area contributed by atoms with Crippen LogP contribution in [0, 0.1) is 5.92 Å². The van der Waals surface area contributed by atoms with Gasteiger partial charge >= 0.3 is 5.97 Å². The highest BCUT2D eigenvalue weighted by molar-refractivity contribution is 7.23. The Hall–Kier alpha value is -1.88. The van der Waals surface area contributed by atoms with Crippen molar-refractivity contribution in [2.75, 3.05) is 18.1 Å². The van der Waals surface area contributed by atoms with E-state index in [9.17, 15) is 14.4 Å². The van der Waals surface area contributed by atoms with Crippen LogP contribution in [0.1, 0.15) is 34.1 Å². The van der Waals surface area contributed by atoms with Crippen molar-refractivity contribution in [1.82, 2.24) is 5.32 Å². The quantitative estimate of drug-likeness (QED) is 0.451. The molecule has 0 aromatic heterocycles. The molecule has 0 fully saturated rings. The zero-order valence-corrected chi connectivity index (χ0v) is 19.6. The smallest absolute Gasteiger partial charge is 0.328 e. The normalized spacial score (nSPS) is 12.1. The maximum Gasteiger partial charge on any atom is 0.328 e. The average molecular weight is 442 g/mol. The number of nitrogens with zero attached hydrogens (tertiary/aromatic N) is 2. The highest BCUT2D eigenvalue weighted by Crippen LogP contribution is 2.20. The van der Waals surface area contributed by atoms with E-state index in [4.69, 9.17) is 10.5 Å². The van der Waals surface area contributed by atoms with Gasteiger partial charge in [-0.25, -0.2) is 4.79 Å². The van der Waals surface area contributed by atoms with E-state index in [2.05, 4.69) is 28.3 Å². The Bertz CT molecular complexity index is 659. The van der Waals surface area contributed by atoms with Crippen LogP contribution in [0.3, 0.4) is 0 Å². The molecule has 3 atom stereocenters. The fourth-order valence-electron chi connectivity index (χ4n) is 2.61. The summed E-state index contributed by atoms with van der Waals surface area (Å²) in [6.45, 7) is 7.25. The first-order valence-corrected chi connectivity index (χ1v) is 10.3. The lowest BCUT2D eigenvalue weighted by atomic mass is 10.0. The predicted molar refractivity (Wildman–Crippen MR) is 121 cm³/mol. The second-order valence-electron chi connectivity index (χ2n) is 6.55. The molecule has 8 nitrogen and oxygen atoms in total. The number of carbonyl (C=O) groups excluding carboxylic acids is 3. The summed E-state index contributed by atoms with van der Waals surface area (Å²) in [4.78, 5) is 38.7. The van der Waals surface area contributed by atoms with Crippen LogP contribution in [0.15, 0.2) is 34.8 Å². The van der Waals surface area contributed by atoms with E-state index in [0.29, 0.717) is 12.1 Å². The minimum atomic E-state index is -0.825. The van der Waals surface area contributed by atoms with Crippen molar-refractivity contribution in [1.29, 1.82) is 0 Å². The van der Waals surface area contributed by atoms with Gasteiger partial charge in [-0.1, -0.05) is 32.0 Å². The molecule has 1 rings (SSSR count). The summed E-state index contributed by atoms with van der Waals surface area (Å²) in [5, 5.41) is 2.67. The Morgan fingerprint density at radius 2 is 1.79 bits per heavy atom. The van der Waals surface area contributed by atoms with Gasteiger partial charge in [0.2, 0.25) is 11.8 Å². The molecular formula is C19H32N4O4P2. The Morgan fingerprint density at radius 3 is 2.24 bits per heavy atom. The third-order valence-electron chi connectivity index (χ3n) is 3.81. The standard InChI is InChI=1S/C19H29N3O4.H3NP2/c1-5-26-19(25)14(4)22(15-9-7-6-8-10-15)18(24)16(11-13(2)3)21-17(23)12-20;2-1-3/h6-10,13-14,16H,5,11-12,20H2,1-4H3,(H,21,23);2H,3H2/t14-,16-;/m0./s1. The molecule has 0 aliphatic heterocycles. The van der Waals surface area contributed by atoms with Crippen molar-refractivity contribution in [2.45, 2.75) is 46.2 Å². The second kappa shape index (κ2) is 15.0. The van der Waals surface area contributed by atoms with Gasteiger partial charge in [-0.3, -0.25) is 19.0 Å².